The van der Waals surface area contributed by atoms with Crippen LogP contribution in [0.25, 0.3) is 0 Å². The van der Waals surface area contributed by atoms with Gasteiger partial charge in [-0.05, 0) is 0 Å². The first-order valence-electron chi connectivity index (χ1n) is 2.74. The van der Waals surface area contributed by atoms with Gasteiger partial charge in [-0.15, -0.1) is 0 Å². The third kappa shape index (κ3) is 1.76. The summed E-state index contributed by atoms with van der Waals surface area (Å²) in [5.41, 5.74) is -0.156. The first kappa shape index (κ1) is 7.70. The first-order chi connectivity index (χ1) is 5.24. The van der Waals surface area contributed by atoms with Crippen molar-refractivity contribution in [1.29, 1.82) is 0 Å². The van der Waals surface area contributed by atoms with Crippen LogP contribution in [0.15, 0.2) is 10.6 Å². The summed E-state index contributed by atoms with van der Waals surface area (Å²) in [6, 6.07) is 1.25. The smallest absolute Gasteiger partial charge is 0.358 e. The van der Waals surface area contributed by atoms with Crippen LogP contribution in [0.2, 0.25) is 0 Å². The fourth-order valence-corrected chi connectivity index (χ4v) is 0.564. The molecule has 1 aromatic heterocycles. The Balaban J connectivity index is 2.73. The standard InChI is InChI=1S/C5H6N2O4/c6-10-2-3-1-4(5(8)9)7-11-3/h1H,2,6H2,(H,8,9). The van der Waals surface area contributed by atoms with E-state index < -0.39 is 5.97 Å². The second-order valence-electron chi connectivity index (χ2n) is 1.79. The monoisotopic (exact) mass is 158 g/mol. The number of carboxylic acids is 1. The minimum Gasteiger partial charge on any atom is -0.476 e. The Morgan fingerprint density at radius 2 is 2.64 bits per heavy atom. The van der Waals surface area contributed by atoms with Crippen molar-refractivity contribution in [3.63, 3.8) is 0 Å². The zero-order chi connectivity index (χ0) is 8.27. The van der Waals surface area contributed by atoms with Crippen molar-refractivity contribution in [3.8, 4) is 0 Å². The Labute approximate surface area is 61.5 Å². The maximum absolute atomic E-state index is 10.2. The number of rotatable bonds is 3. The molecule has 0 bridgehead atoms. The molecule has 0 aliphatic carbocycles. The van der Waals surface area contributed by atoms with Gasteiger partial charge in [-0.3, -0.25) is 4.84 Å². The summed E-state index contributed by atoms with van der Waals surface area (Å²) in [6.07, 6.45) is 0. The second kappa shape index (κ2) is 3.13. The van der Waals surface area contributed by atoms with Crippen LogP contribution < -0.4 is 5.90 Å². The minimum absolute atomic E-state index is 0.0142. The molecule has 0 aromatic carbocycles. The SMILES string of the molecule is NOCc1cc(C(=O)O)no1. The van der Waals surface area contributed by atoms with Crippen LogP contribution in [-0.4, -0.2) is 16.2 Å². The molecule has 3 N–H and O–H groups in total. The Bertz CT molecular complexity index is 257. The van der Waals surface area contributed by atoms with Gasteiger partial charge < -0.3 is 9.63 Å². The van der Waals surface area contributed by atoms with Crippen molar-refractivity contribution in [2.45, 2.75) is 6.61 Å². The van der Waals surface area contributed by atoms with Crippen LogP contribution in [0, 0.1) is 0 Å². The topological polar surface area (TPSA) is 98.6 Å². The molecule has 0 amide bonds. The van der Waals surface area contributed by atoms with Crippen LogP contribution in [0.3, 0.4) is 0 Å². The van der Waals surface area contributed by atoms with Crippen molar-refractivity contribution in [2.75, 3.05) is 0 Å². The summed E-state index contributed by atoms with van der Waals surface area (Å²) in [5.74, 6) is 3.85. The fourth-order valence-electron chi connectivity index (χ4n) is 0.564. The Morgan fingerprint density at radius 1 is 1.91 bits per heavy atom. The van der Waals surface area contributed by atoms with Crippen LogP contribution in [-0.2, 0) is 11.4 Å². The molecule has 60 valence electrons. The van der Waals surface area contributed by atoms with E-state index in [2.05, 4.69) is 14.5 Å². The van der Waals surface area contributed by atoms with E-state index in [1.165, 1.54) is 6.07 Å². The molecule has 6 heteroatoms. The number of hydrogen-bond acceptors (Lipinski definition) is 5. The van der Waals surface area contributed by atoms with Crippen LogP contribution in [0.1, 0.15) is 16.2 Å². The number of hydrogen-bond donors (Lipinski definition) is 2. The van der Waals surface area contributed by atoms with Gasteiger partial charge in [-0.25, -0.2) is 10.7 Å². The van der Waals surface area contributed by atoms with Gasteiger partial charge >= 0.3 is 5.97 Å². The van der Waals surface area contributed by atoms with Crippen molar-refractivity contribution in [3.05, 3.63) is 17.5 Å². The quantitative estimate of drug-likeness (QED) is 0.589. The number of nitrogens with two attached hydrogens (primary N) is 1. The number of carboxylic acid groups (broad SMARTS) is 1. The first-order valence-corrected chi connectivity index (χ1v) is 2.74. The van der Waals surface area contributed by atoms with Gasteiger partial charge in [-0.1, -0.05) is 5.16 Å². The number of aromatic nitrogens is 1. The fraction of sp³-hybridized carbons (Fsp3) is 0.200. The highest BCUT2D eigenvalue weighted by atomic mass is 16.6. The second-order valence-corrected chi connectivity index (χ2v) is 1.79. The van der Waals surface area contributed by atoms with Gasteiger partial charge in [0.05, 0.1) is 0 Å². The average Bonchev–Trinajstić information content (AvgIpc) is 2.37. The van der Waals surface area contributed by atoms with E-state index in [0.717, 1.165) is 0 Å². The summed E-state index contributed by atoms with van der Waals surface area (Å²) in [6.45, 7) is 0.0142. The Hall–Kier alpha value is -1.40. The lowest BCUT2D eigenvalue weighted by Gasteiger charge is -1.86. The van der Waals surface area contributed by atoms with Crippen molar-refractivity contribution < 1.29 is 19.3 Å². The summed E-state index contributed by atoms with van der Waals surface area (Å²) >= 11 is 0. The van der Waals surface area contributed by atoms with Gasteiger partial charge in [0.1, 0.15) is 6.61 Å². The summed E-state index contributed by atoms with van der Waals surface area (Å²) in [5, 5.41) is 11.6. The van der Waals surface area contributed by atoms with E-state index in [1.54, 1.807) is 0 Å². The maximum atomic E-state index is 10.2. The van der Waals surface area contributed by atoms with E-state index in [4.69, 9.17) is 11.0 Å². The lowest BCUT2D eigenvalue weighted by molar-refractivity contribution is 0.0684. The number of carbonyl (C=O) groups is 1. The summed E-state index contributed by atoms with van der Waals surface area (Å²) in [4.78, 5) is 14.4. The lowest BCUT2D eigenvalue weighted by atomic mass is 10.4. The van der Waals surface area contributed by atoms with E-state index in [-0.39, 0.29) is 18.1 Å². The molecule has 1 heterocycles. The molecular formula is C5H6N2O4. The molecule has 6 nitrogen and oxygen atoms in total. The molecule has 1 rings (SSSR count). The molecule has 1 aromatic rings. The Morgan fingerprint density at radius 3 is 3.09 bits per heavy atom. The molecule has 0 spiro atoms. The van der Waals surface area contributed by atoms with E-state index in [0.29, 0.717) is 0 Å². The van der Waals surface area contributed by atoms with Crippen LogP contribution in [0.5, 0.6) is 0 Å². The molecule has 0 aliphatic rings. The zero-order valence-electron chi connectivity index (χ0n) is 5.48. The van der Waals surface area contributed by atoms with Gasteiger partial charge in [0.2, 0.25) is 0 Å². The van der Waals surface area contributed by atoms with Gasteiger partial charge in [-0.2, -0.15) is 0 Å². The highest BCUT2D eigenvalue weighted by molar-refractivity contribution is 5.85. The lowest BCUT2D eigenvalue weighted by Crippen LogP contribution is -1.97. The highest BCUT2D eigenvalue weighted by Gasteiger charge is 2.09. The van der Waals surface area contributed by atoms with E-state index >= 15 is 0 Å². The van der Waals surface area contributed by atoms with Crippen molar-refractivity contribution in [1.82, 2.24) is 5.16 Å². The van der Waals surface area contributed by atoms with Crippen LogP contribution >= 0.6 is 0 Å². The predicted octanol–water partition coefficient (Wildman–Crippen LogP) is -0.237. The Kier molecular flexibility index (Phi) is 2.19. The third-order valence-corrected chi connectivity index (χ3v) is 1.00. The zero-order valence-corrected chi connectivity index (χ0v) is 5.48. The van der Waals surface area contributed by atoms with Crippen molar-refractivity contribution in [2.24, 2.45) is 5.90 Å². The minimum atomic E-state index is -1.14. The molecule has 0 atom stereocenters. The van der Waals surface area contributed by atoms with Gasteiger partial charge in [0, 0.05) is 6.07 Å². The molecule has 0 unspecified atom stereocenters. The molecule has 0 radical (unpaired) electrons. The molecule has 0 saturated carbocycles. The molecule has 11 heavy (non-hydrogen) atoms. The molecule has 0 fully saturated rings. The summed E-state index contributed by atoms with van der Waals surface area (Å²) < 4.78 is 4.53. The van der Waals surface area contributed by atoms with Crippen LogP contribution in [0.4, 0.5) is 0 Å². The average molecular weight is 158 g/mol. The molecule has 0 saturated heterocycles. The normalized spacial score (nSPS) is 9.91. The van der Waals surface area contributed by atoms with E-state index in [9.17, 15) is 4.79 Å². The molecular weight excluding hydrogens is 152 g/mol. The van der Waals surface area contributed by atoms with Crippen molar-refractivity contribution >= 4 is 5.97 Å². The number of nitrogens with zero attached hydrogens (tertiary/aromatic N) is 1. The summed E-state index contributed by atoms with van der Waals surface area (Å²) in [7, 11) is 0. The third-order valence-electron chi connectivity index (χ3n) is 1.00. The maximum Gasteiger partial charge on any atom is 0.358 e. The predicted molar refractivity (Wildman–Crippen MR) is 32.4 cm³/mol. The van der Waals surface area contributed by atoms with Gasteiger partial charge in [0.15, 0.2) is 11.5 Å². The highest BCUT2D eigenvalue weighted by Crippen LogP contribution is 2.03. The van der Waals surface area contributed by atoms with Gasteiger partial charge in [0.25, 0.3) is 0 Å². The molecule has 0 aliphatic heterocycles. The number of aromatic carboxylic acids is 1. The van der Waals surface area contributed by atoms with E-state index in [1.807, 2.05) is 0 Å². The largest absolute Gasteiger partial charge is 0.476 e.